The van der Waals surface area contributed by atoms with E-state index in [-0.39, 0.29) is 36.7 Å². The molecule has 1 aromatic carbocycles. The molecule has 1 aliphatic rings. The second-order valence-electron chi connectivity index (χ2n) is 5.74. The predicted octanol–water partition coefficient (Wildman–Crippen LogP) is 2.29. The van der Waals surface area contributed by atoms with E-state index in [1.54, 1.807) is 6.07 Å². The van der Waals surface area contributed by atoms with Gasteiger partial charge in [0.15, 0.2) is 0 Å². The average molecular weight is 380 g/mol. The Morgan fingerprint density at radius 2 is 2.00 bits per heavy atom. The lowest BCUT2D eigenvalue weighted by Gasteiger charge is -2.27. The molecule has 134 valence electrons. The lowest BCUT2D eigenvalue weighted by Crippen LogP contribution is -2.39. The second-order valence-corrected chi connectivity index (χ2v) is 6.69. The molecule has 0 radical (unpaired) electrons. The van der Waals surface area contributed by atoms with Crippen molar-refractivity contribution < 1.29 is 9.59 Å². The number of hydrogen-bond donors (Lipinski definition) is 3. The van der Waals surface area contributed by atoms with Crippen molar-refractivity contribution in [3.05, 3.63) is 57.8 Å². The minimum atomic E-state index is -0.124. The number of carbonyl (C=O) groups is 2. The fraction of sp³-hybridized carbons (Fsp3) is 0.333. The first-order chi connectivity index (χ1) is 11.7. The first kappa shape index (κ1) is 19.4. The maximum atomic E-state index is 12.0. The molecule has 2 amide bonds. The topological polar surface area (TPSA) is 70.2 Å². The van der Waals surface area contributed by atoms with E-state index in [1.807, 2.05) is 17.5 Å². The molecule has 0 saturated heterocycles. The Balaban J connectivity index is 0.00000225. The number of nitrogens with one attached hydrogen (secondary N) is 3. The van der Waals surface area contributed by atoms with E-state index < -0.39 is 0 Å². The zero-order chi connectivity index (χ0) is 16.8. The first-order valence-corrected chi connectivity index (χ1v) is 9.01. The summed E-state index contributed by atoms with van der Waals surface area (Å²) >= 11 is 1.39. The summed E-state index contributed by atoms with van der Waals surface area (Å²) in [6.45, 7) is 1.83. The van der Waals surface area contributed by atoms with Gasteiger partial charge in [0.2, 0.25) is 5.91 Å². The number of fused-ring (bicyclic) bond motifs is 1. The van der Waals surface area contributed by atoms with E-state index in [2.05, 4.69) is 34.1 Å². The Labute approximate surface area is 157 Å². The Hall–Kier alpha value is -1.89. The van der Waals surface area contributed by atoms with E-state index in [4.69, 9.17) is 0 Å². The zero-order valence-corrected chi connectivity index (χ0v) is 15.4. The lowest BCUT2D eigenvalue weighted by molar-refractivity contribution is -0.121. The number of benzene rings is 1. The number of thiophene rings is 1. The number of rotatable bonds is 6. The van der Waals surface area contributed by atoms with Crippen LogP contribution in [0.25, 0.3) is 0 Å². The van der Waals surface area contributed by atoms with Gasteiger partial charge in [-0.15, -0.1) is 23.7 Å². The normalized spacial score (nSPS) is 15.6. The van der Waals surface area contributed by atoms with Crippen molar-refractivity contribution in [1.29, 1.82) is 0 Å². The van der Waals surface area contributed by atoms with Crippen LogP contribution in [0.3, 0.4) is 0 Å². The quantitative estimate of drug-likeness (QED) is 0.721. The van der Waals surface area contributed by atoms with Gasteiger partial charge in [0.1, 0.15) is 0 Å². The largest absolute Gasteiger partial charge is 0.354 e. The van der Waals surface area contributed by atoms with Crippen molar-refractivity contribution in [2.45, 2.75) is 18.9 Å². The molecule has 3 N–H and O–H groups in total. The van der Waals surface area contributed by atoms with Crippen molar-refractivity contribution in [2.75, 3.05) is 19.6 Å². The van der Waals surface area contributed by atoms with Gasteiger partial charge in [-0.1, -0.05) is 30.3 Å². The van der Waals surface area contributed by atoms with Crippen LogP contribution < -0.4 is 16.0 Å². The van der Waals surface area contributed by atoms with E-state index >= 15 is 0 Å². The second kappa shape index (κ2) is 9.56. The summed E-state index contributed by atoms with van der Waals surface area (Å²) in [5.41, 5.74) is 2.61. The minimum Gasteiger partial charge on any atom is -0.354 e. The van der Waals surface area contributed by atoms with Gasteiger partial charge in [0, 0.05) is 25.6 Å². The summed E-state index contributed by atoms with van der Waals surface area (Å²) in [4.78, 5) is 24.4. The van der Waals surface area contributed by atoms with Gasteiger partial charge in [-0.2, -0.15) is 0 Å². The van der Waals surface area contributed by atoms with Crippen LogP contribution in [0.4, 0.5) is 0 Å². The molecular formula is C18H22ClN3O2S. The Bertz CT molecular complexity index is 706. The van der Waals surface area contributed by atoms with Gasteiger partial charge in [-0.25, -0.2) is 0 Å². The molecular weight excluding hydrogens is 358 g/mol. The smallest absolute Gasteiger partial charge is 0.261 e. The maximum absolute atomic E-state index is 12.0. The molecule has 0 saturated carbocycles. The molecule has 1 aliphatic heterocycles. The summed E-state index contributed by atoms with van der Waals surface area (Å²) in [5.74, 6) is -0.174. The highest BCUT2D eigenvalue weighted by Crippen LogP contribution is 2.21. The summed E-state index contributed by atoms with van der Waals surface area (Å²) in [6, 6.07) is 12.1. The molecule has 1 unspecified atom stereocenters. The standard InChI is InChI=1S/C18H21N3O2S.ClH/c22-17(8-10-20-18(23)16-6-3-11-24-16)21-12-15-14-5-2-1-4-13(14)7-9-19-15;/h1-6,11,15,19H,7-10,12H2,(H,20,23)(H,21,22);1H. The Morgan fingerprint density at radius 3 is 2.80 bits per heavy atom. The molecule has 2 aromatic rings. The first-order valence-electron chi connectivity index (χ1n) is 8.13. The van der Waals surface area contributed by atoms with Crippen molar-refractivity contribution in [1.82, 2.24) is 16.0 Å². The summed E-state index contributed by atoms with van der Waals surface area (Å²) < 4.78 is 0. The van der Waals surface area contributed by atoms with Crippen molar-refractivity contribution in [2.24, 2.45) is 0 Å². The third-order valence-corrected chi connectivity index (χ3v) is 4.97. The van der Waals surface area contributed by atoms with Gasteiger partial charge >= 0.3 is 0 Å². The Kier molecular flexibility index (Phi) is 7.43. The molecule has 0 spiro atoms. The fourth-order valence-electron chi connectivity index (χ4n) is 2.86. The predicted molar refractivity (Wildman–Crippen MR) is 102 cm³/mol. The van der Waals surface area contributed by atoms with Crippen LogP contribution in [0.15, 0.2) is 41.8 Å². The summed E-state index contributed by atoms with van der Waals surface area (Å²) in [6.07, 6.45) is 1.31. The SMILES string of the molecule is Cl.O=C(CCNC(=O)c1cccs1)NCC1NCCc2ccccc21. The molecule has 7 heteroatoms. The zero-order valence-electron chi connectivity index (χ0n) is 13.8. The molecule has 2 heterocycles. The fourth-order valence-corrected chi connectivity index (χ4v) is 3.50. The van der Waals surface area contributed by atoms with E-state index in [0.717, 1.165) is 13.0 Å². The maximum Gasteiger partial charge on any atom is 0.261 e. The molecule has 0 aliphatic carbocycles. The van der Waals surface area contributed by atoms with Gasteiger partial charge in [-0.05, 0) is 35.5 Å². The summed E-state index contributed by atoms with van der Waals surface area (Å²) in [5, 5.41) is 11.0. The highest BCUT2D eigenvalue weighted by molar-refractivity contribution is 7.12. The minimum absolute atomic E-state index is 0. The molecule has 1 aromatic heterocycles. The molecule has 0 fully saturated rings. The summed E-state index contributed by atoms with van der Waals surface area (Å²) in [7, 11) is 0. The van der Waals surface area contributed by atoms with Crippen molar-refractivity contribution in [3.63, 3.8) is 0 Å². The monoisotopic (exact) mass is 379 g/mol. The number of amides is 2. The van der Waals surface area contributed by atoms with Crippen LogP contribution in [-0.2, 0) is 11.2 Å². The van der Waals surface area contributed by atoms with E-state index in [0.29, 0.717) is 18.0 Å². The van der Waals surface area contributed by atoms with Crippen LogP contribution in [0, 0.1) is 0 Å². The van der Waals surface area contributed by atoms with Gasteiger partial charge in [0.25, 0.3) is 5.91 Å². The molecule has 5 nitrogen and oxygen atoms in total. The lowest BCUT2D eigenvalue weighted by atomic mass is 9.94. The third kappa shape index (κ3) is 5.29. The molecule has 1 atom stereocenters. The highest BCUT2D eigenvalue weighted by Gasteiger charge is 2.19. The Morgan fingerprint density at radius 1 is 1.16 bits per heavy atom. The molecule has 25 heavy (non-hydrogen) atoms. The van der Waals surface area contributed by atoms with Crippen molar-refractivity contribution >= 4 is 35.6 Å². The number of halogens is 1. The van der Waals surface area contributed by atoms with Gasteiger partial charge in [-0.3, -0.25) is 9.59 Å². The average Bonchev–Trinajstić information content (AvgIpc) is 3.14. The number of hydrogen-bond acceptors (Lipinski definition) is 4. The molecule has 3 rings (SSSR count). The van der Waals surface area contributed by atoms with Crippen LogP contribution in [0.1, 0.15) is 33.3 Å². The van der Waals surface area contributed by atoms with Crippen LogP contribution in [0.2, 0.25) is 0 Å². The van der Waals surface area contributed by atoms with E-state index in [9.17, 15) is 9.59 Å². The van der Waals surface area contributed by atoms with E-state index in [1.165, 1.54) is 22.5 Å². The van der Waals surface area contributed by atoms with Gasteiger partial charge in [0.05, 0.1) is 4.88 Å². The third-order valence-electron chi connectivity index (χ3n) is 4.10. The van der Waals surface area contributed by atoms with Crippen molar-refractivity contribution in [3.8, 4) is 0 Å². The van der Waals surface area contributed by atoms with Gasteiger partial charge < -0.3 is 16.0 Å². The van der Waals surface area contributed by atoms with Crippen LogP contribution in [-0.4, -0.2) is 31.4 Å². The van der Waals surface area contributed by atoms with Crippen LogP contribution >= 0.6 is 23.7 Å². The van der Waals surface area contributed by atoms with Crippen LogP contribution in [0.5, 0.6) is 0 Å². The highest BCUT2D eigenvalue weighted by atomic mass is 35.5. The molecule has 0 bridgehead atoms. The number of carbonyl (C=O) groups excluding carboxylic acids is 2.